The second-order valence-electron chi connectivity index (χ2n) is 11.8. The summed E-state index contributed by atoms with van der Waals surface area (Å²) in [6.07, 6.45) is 1.61. The number of nitrogens with one attached hydrogen (secondary N) is 4. The fourth-order valence-corrected chi connectivity index (χ4v) is 6.94. The summed E-state index contributed by atoms with van der Waals surface area (Å²) >= 11 is 2.30. The fraction of sp³-hybridized carbons (Fsp3) is 0.125. The first-order valence-corrected chi connectivity index (χ1v) is 17.9. The molecule has 0 aliphatic carbocycles. The predicted octanol–water partition coefficient (Wildman–Crippen LogP) is 7.78. The summed E-state index contributed by atoms with van der Waals surface area (Å²) in [6.45, 7) is 3.40. The van der Waals surface area contributed by atoms with Gasteiger partial charge in [0.15, 0.2) is 0 Å². The topological polar surface area (TPSA) is 143 Å². The van der Waals surface area contributed by atoms with E-state index in [0.717, 1.165) is 22.6 Å². The zero-order valence-electron chi connectivity index (χ0n) is 28.9. The molecule has 0 fully saturated rings. The lowest BCUT2D eigenvalue weighted by Crippen LogP contribution is -2.30. The Morgan fingerprint density at radius 3 is 2.12 bits per heavy atom. The Morgan fingerprint density at radius 1 is 0.808 bits per heavy atom. The van der Waals surface area contributed by atoms with Gasteiger partial charge >= 0.3 is 0 Å². The molecule has 1 aromatic heterocycles. The number of para-hydroxylation sites is 1. The van der Waals surface area contributed by atoms with Gasteiger partial charge in [0.1, 0.15) is 16.8 Å². The average Bonchev–Trinajstić information content (AvgIpc) is 3.46. The molecule has 5 rings (SSSR count). The Bertz CT molecular complexity index is 2160. The van der Waals surface area contributed by atoms with Gasteiger partial charge in [-0.15, -0.1) is 23.1 Å². The molecule has 0 aliphatic heterocycles. The van der Waals surface area contributed by atoms with Gasteiger partial charge in [-0.25, -0.2) is 0 Å². The second kappa shape index (κ2) is 17.2. The van der Waals surface area contributed by atoms with Gasteiger partial charge in [-0.3, -0.25) is 19.2 Å². The summed E-state index contributed by atoms with van der Waals surface area (Å²) in [6, 6.07) is 34.3. The Labute approximate surface area is 310 Å². The van der Waals surface area contributed by atoms with Gasteiger partial charge in [0.25, 0.3) is 17.7 Å². The molecule has 12 heteroatoms. The Morgan fingerprint density at radius 2 is 1.46 bits per heavy atom. The molecule has 4 N–H and O–H groups in total. The molecule has 262 valence electrons. The number of hydrogen-bond donors (Lipinski definition) is 4. The van der Waals surface area contributed by atoms with Crippen molar-refractivity contribution in [2.24, 2.45) is 0 Å². The summed E-state index contributed by atoms with van der Waals surface area (Å²) in [5.74, 6) is -1.69. The number of thioether (sulfide) groups is 1. The highest BCUT2D eigenvalue weighted by Gasteiger charge is 2.24. The lowest BCUT2D eigenvalue weighted by atomic mass is 10.1. The molecular weight excluding hydrogens is 693 g/mol. The van der Waals surface area contributed by atoms with E-state index in [1.807, 2.05) is 55.4 Å². The standard InChI is InChI=1S/C40H36N6O4S2/c1-25-33(24-41)40(52-35(25)39(50)42-29-14-9-6-10-15-29)45-36(47)26(2)51-32-17-11-16-30(23-32)43-38(49)34(44-37(48)28-12-7-5-8-13-28)22-27-18-20-31(21-19-27)46(3)4/h5-23,26H,1-4H3,(H,42,50)(H,43,49)(H,44,48)(H,45,47)/b34-22+. The summed E-state index contributed by atoms with van der Waals surface area (Å²) in [5, 5.41) is 20.8. The van der Waals surface area contributed by atoms with Crippen molar-refractivity contribution >= 4 is 74.9 Å². The van der Waals surface area contributed by atoms with E-state index in [1.165, 1.54) is 11.8 Å². The number of nitriles is 1. The SMILES string of the molecule is Cc1c(C(=O)Nc2ccccc2)sc(NC(=O)C(C)Sc2cccc(NC(=O)/C(=C\c3ccc(N(C)C)cc3)NC(=O)c3ccccc3)c2)c1C#N. The lowest BCUT2D eigenvalue weighted by Gasteiger charge is -2.14. The van der Waals surface area contributed by atoms with Gasteiger partial charge in [0.05, 0.1) is 15.7 Å². The van der Waals surface area contributed by atoms with Gasteiger partial charge in [-0.05, 0) is 85.6 Å². The van der Waals surface area contributed by atoms with Gasteiger partial charge in [-0.1, -0.05) is 54.6 Å². The molecular formula is C40H36N6O4S2. The summed E-state index contributed by atoms with van der Waals surface area (Å²) < 4.78 is 0. The number of amides is 4. The first kappa shape index (κ1) is 37.1. The zero-order chi connectivity index (χ0) is 37.2. The summed E-state index contributed by atoms with van der Waals surface area (Å²) in [4.78, 5) is 56.0. The minimum Gasteiger partial charge on any atom is -0.378 e. The minimum absolute atomic E-state index is 0.0496. The number of anilines is 4. The van der Waals surface area contributed by atoms with Crippen LogP contribution in [-0.4, -0.2) is 43.0 Å². The maximum absolute atomic E-state index is 13.6. The normalized spacial score (nSPS) is 11.5. The quantitative estimate of drug-likeness (QED) is 0.0759. The third kappa shape index (κ3) is 9.54. The third-order valence-corrected chi connectivity index (χ3v) is 10.1. The minimum atomic E-state index is -0.604. The van der Waals surface area contributed by atoms with Crippen LogP contribution in [0.1, 0.15) is 43.6 Å². The van der Waals surface area contributed by atoms with Crippen molar-refractivity contribution in [3.63, 3.8) is 0 Å². The van der Waals surface area contributed by atoms with Crippen molar-refractivity contribution in [2.75, 3.05) is 34.9 Å². The van der Waals surface area contributed by atoms with Gasteiger partial charge in [0.2, 0.25) is 5.91 Å². The van der Waals surface area contributed by atoms with E-state index in [1.54, 1.807) is 92.7 Å². The average molecular weight is 729 g/mol. The summed E-state index contributed by atoms with van der Waals surface area (Å²) in [7, 11) is 3.87. The summed E-state index contributed by atoms with van der Waals surface area (Å²) in [5.41, 5.74) is 3.95. The van der Waals surface area contributed by atoms with E-state index in [2.05, 4.69) is 27.3 Å². The van der Waals surface area contributed by atoms with Crippen LogP contribution in [0, 0.1) is 18.3 Å². The number of carbonyl (C=O) groups excluding carboxylic acids is 4. The molecule has 0 aliphatic rings. The first-order valence-electron chi connectivity index (χ1n) is 16.2. The number of hydrogen-bond acceptors (Lipinski definition) is 8. The number of carbonyl (C=O) groups is 4. The molecule has 0 bridgehead atoms. The number of thiophene rings is 1. The Kier molecular flexibility index (Phi) is 12.3. The molecule has 52 heavy (non-hydrogen) atoms. The number of rotatable bonds is 12. The van der Waals surface area contributed by atoms with Crippen LogP contribution in [0.3, 0.4) is 0 Å². The number of nitrogens with zero attached hydrogens (tertiary/aromatic N) is 2. The highest BCUT2D eigenvalue weighted by molar-refractivity contribution is 8.00. The van der Waals surface area contributed by atoms with Gasteiger partial charge in [-0.2, -0.15) is 5.26 Å². The fourth-order valence-electron chi connectivity index (χ4n) is 4.96. The molecule has 1 atom stereocenters. The second-order valence-corrected chi connectivity index (χ2v) is 14.2. The van der Waals surface area contributed by atoms with Crippen LogP contribution < -0.4 is 26.2 Å². The van der Waals surface area contributed by atoms with Crippen molar-refractivity contribution in [1.82, 2.24) is 5.32 Å². The van der Waals surface area contributed by atoms with E-state index in [4.69, 9.17) is 0 Å². The van der Waals surface area contributed by atoms with Crippen LogP contribution in [0.2, 0.25) is 0 Å². The van der Waals surface area contributed by atoms with Crippen LogP contribution in [0.15, 0.2) is 120 Å². The van der Waals surface area contributed by atoms with Crippen molar-refractivity contribution in [1.29, 1.82) is 5.26 Å². The van der Waals surface area contributed by atoms with Crippen LogP contribution in [-0.2, 0) is 9.59 Å². The molecule has 4 aromatic carbocycles. The van der Waals surface area contributed by atoms with Gasteiger partial charge < -0.3 is 26.2 Å². The Hall–Kier alpha value is -6.16. The molecule has 5 aromatic rings. The molecule has 0 radical (unpaired) electrons. The van der Waals surface area contributed by atoms with Crippen LogP contribution in [0.25, 0.3) is 6.08 Å². The zero-order valence-corrected chi connectivity index (χ0v) is 30.5. The van der Waals surface area contributed by atoms with Crippen molar-refractivity contribution in [3.05, 3.63) is 142 Å². The van der Waals surface area contributed by atoms with Crippen molar-refractivity contribution < 1.29 is 19.2 Å². The van der Waals surface area contributed by atoms with Crippen molar-refractivity contribution in [3.8, 4) is 6.07 Å². The van der Waals surface area contributed by atoms with E-state index >= 15 is 0 Å². The first-order chi connectivity index (χ1) is 25.0. The molecule has 0 spiro atoms. The highest BCUT2D eigenvalue weighted by Crippen LogP contribution is 2.34. The number of benzene rings is 4. The van der Waals surface area contributed by atoms with Gasteiger partial charge in [0, 0.05) is 41.6 Å². The highest BCUT2D eigenvalue weighted by atomic mass is 32.2. The largest absolute Gasteiger partial charge is 0.378 e. The molecule has 0 saturated heterocycles. The smallest absolute Gasteiger partial charge is 0.272 e. The van der Waals surface area contributed by atoms with E-state index < -0.39 is 17.1 Å². The maximum atomic E-state index is 13.6. The van der Waals surface area contributed by atoms with E-state index in [-0.39, 0.29) is 23.1 Å². The predicted molar refractivity (Wildman–Crippen MR) is 210 cm³/mol. The lowest BCUT2D eigenvalue weighted by molar-refractivity contribution is -0.115. The van der Waals surface area contributed by atoms with Crippen molar-refractivity contribution in [2.45, 2.75) is 24.0 Å². The Balaban J connectivity index is 1.28. The van der Waals surface area contributed by atoms with E-state index in [0.29, 0.717) is 37.3 Å². The van der Waals surface area contributed by atoms with Crippen LogP contribution in [0.4, 0.5) is 22.1 Å². The van der Waals surface area contributed by atoms with E-state index in [9.17, 15) is 24.4 Å². The molecule has 4 amide bonds. The molecule has 0 saturated carbocycles. The van der Waals surface area contributed by atoms with Crippen LogP contribution in [0.5, 0.6) is 0 Å². The molecule has 1 unspecified atom stereocenters. The van der Waals surface area contributed by atoms with Crippen LogP contribution >= 0.6 is 23.1 Å². The third-order valence-electron chi connectivity index (χ3n) is 7.76. The monoisotopic (exact) mass is 728 g/mol. The molecule has 10 nitrogen and oxygen atoms in total. The molecule has 1 heterocycles. The maximum Gasteiger partial charge on any atom is 0.272 e.